The highest BCUT2D eigenvalue weighted by molar-refractivity contribution is 6.12. The monoisotopic (exact) mass is 384 g/mol. The molecule has 1 aromatic heterocycles. The highest BCUT2D eigenvalue weighted by Gasteiger charge is 2.33. The second-order valence-electron chi connectivity index (χ2n) is 6.81. The van der Waals surface area contributed by atoms with Crippen molar-refractivity contribution in [2.24, 2.45) is 0 Å². The molecule has 5 nitrogen and oxygen atoms in total. The molecule has 0 fully saturated rings. The maximum atomic E-state index is 13.5. The Morgan fingerprint density at radius 3 is 2.34 bits per heavy atom. The van der Waals surface area contributed by atoms with Crippen molar-refractivity contribution in [1.82, 2.24) is 9.55 Å². The SMILES string of the molecule is O=C1c2ccccc2N[C@H](c2ccc(-n3ccnc3)cc2)N1c1ccc(F)cc1. The number of carbonyl (C=O) groups is 1. The van der Waals surface area contributed by atoms with E-state index in [4.69, 9.17) is 0 Å². The van der Waals surface area contributed by atoms with Gasteiger partial charge in [-0.15, -0.1) is 0 Å². The zero-order valence-corrected chi connectivity index (χ0v) is 15.4. The largest absolute Gasteiger partial charge is 0.360 e. The van der Waals surface area contributed by atoms with Crippen molar-refractivity contribution in [3.63, 3.8) is 0 Å². The molecule has 0 radical (unpaired) electrons. The summed E-state index contributed by atoms with van der Waals surface area (Å²) in [6.07, 6.45) is 4.92. The fraction of sp³-hybridized carbons (Fsp3) is 0.0435. The van der Waals surface area contributed by atoms with Gasteiger partial charge in [0.1, 0.15) is 12.0 Å². The molecule has 1 amide bonds. The molecule has 142 valence electrons. The van der Waals surface area contributed by atoms with E-state index >= 15 is 0 Å². The Morgan fingerprint density at radius 1 is 0.897 bits per heavy atom. The maximum Gasteiger partial charge on any atom is 0.262 e. The summed E-state index contributed by atoms with van der Waals surface area (Å²) in [6, 6.07) is 21.3. The van der Waals surface area contributed by atoms with Crippen LogP contribution in [-0.2, 0) is 0 Å². The molecule has 2 heterocycles. The van der Waals surface area contributed by atoms with Crippen molar-refractivity contribution in [2.45, 2.75) is 6.17 Å². The predicted octanol–water partition coefficient (Wildman–Crippen LogP) is 4.78. The van der Waals surface area contributed by atoms with Gasteiger partial charge in [-0.25, -0.2) is 9.37 Å². The molecule has 0 bridgehead atoms. The number of rotatable bonds is 3. The molecule has 5 rings (SSSR count). The number of halogens is 1. The van der Waals surface area contributed by atoms with Gasteiger partial charge < -0.3 is 9.88 Å². The molecule has 1 N–H and O–H groups in total. The van der Waals surface area contributed by atoms with E-state index in [2.05, 4.69) is 10.3 Å². The highest BCUT2D eigenvalue weighted by atomic mass is 19.1. The number of para-hydroxylation sites is 1. The average Bonchev–Trinajstić information content (AvgIpc) is 3.30. The van der Waals surface area contributed by atoms with Gasteiger partial charge in [-0.3, -0.25) is 9.69 Å². The number of hydrogen-bond donors (Lipinski definition) is 1. The number of amides is 1. The van der Waals surface area contributed by atoms with E-state index in [1.165, 1.54) is 12.1 Å². The van der Waals surface area contributed by atoms with E-state index in [1.807, 2.05) is 53.2 Å². The lowest BCUT2D eigenvalue weighted by Crippen LogP contribution is -2.43. The Hall–Kier alpha value is -3.93. The number of hydrogen-bond acceptors (Lipinski definition) is 3. The number of nitrogens with zero attached hydrogens (tertiary/aromatic N) is 3. The van der Waals surface area contributed by atoms with Gasteiger partial charge in [-0.1, -0.05) is 24.3 Å². The second-order valence-corrected chi connectivity index (χ2v) is 6.81. The number of benzene rings is 3. The molecule has 0 unspecified atom stereocenters. The van der Waals surface area contributed by atoms with E-state index in [-0.39, 0.29) is 11.7 Å². The van der Waals surface area contributed by atoms with Crippen LogP contribution >= 0.6 is 0 Å². The molecular weight excluding hydrogens is 367 g/mol. The van der Waals surface area contributed by atoms with Crippen LogP contribution in [0.3, 0.4) is 0 Å². The van der Waals surface area contributed by atoms with Crippen LogP contribution in [0.1, 0.15) is 22.1 Å². The first-order chi connectivity index (χ1) is 14.2. The van der Waals surface area contributed by atoms with Gasteiger partial charge in [0.15, 0.2) is 0 Å². The van der Waals surface area contributed by atoms with E-state index in [0.29, 0.717) is 11.3 Å². The summed E-state index contributed by atoms with van der Waals surface area (Å²) in [5.74, 6) is -0.470. The highest BCUT2D eigenvalue weighted by Crippen LogP contribution is 2.36. The molecule has 3 aromatic carbocycles. The second kappa shape index (κ2) is 6.91. The van der Waals surface area contributed by atoms with Gasteiger partial charge in [0.2, 0.25) is 0 Å². The van der Waals surface area contributed by atoms with Crippen molar-refractivity contribution in [1.29, 1.82) is 0 Å². The van der Waals surface area contributed by atoms with Crippen molar-refractivity contribution >= 4 is 17.3 Å². The van der Waals surface area contributed by atoms with Crippen LogP contribution < -0.4 is 10.2 Å². The molecule has 0 aliphatic carbocycles. The quantitative estimate of drug-likeness (QED) is 0.553. The van der Waals surface area contributed by atoms with E-state index in [0.717, 1.165) is 16.9 Å². The first-order valence-corrected chi connectivity index (χ1v) is 9.24. The third-order valence-corrected chi connectivity index (χ3v) is 5.04. The molecule has 29 heavy (non-hydrogen) atoms. The fourth-order valence-electron chi connectivity index (χ4n) is 3.60. The maximum absolute atomic E-state index is 13.5. The third kappa shape index (κ3) is 3.04. The minimum absolute atomic E-state index is 0.130. The van der Waals surface area contributed by atoms with Gasteiger partial charge in [0.25, 0.3) is 5.91 Å². The Morgan fingerprint density at radius 2 is 1.62 bits per heavy atom. The van der Waals surface area contributed by atoms with Gasteiger partial charge in [-0.2, -0.15) is 0 Å². The minimum Gasteiger partial charge on any atom is -0.360 e. The Bertz CT molecular complexity index is 1150. The topological polar surface area (TPSA) is 50.2 Å². The molecular formula is C23H17FN4O. The summed E-state index contributed by atoms with van der Waals surface area (Å²) in [7, 11) is 0. The molecule has 1 aliphatic rings. The van der Waals surface area contributed by atoms with Crippen LogP contribution in [0.5, 0.6) is 0 Å². The third-order valence-electron chi connectivity index (χ3n) is 5.04. The molecule has 0 saturated heterocycles. The summed E-state index contributed by atoms with van der Waals surface area (Å²) in [5.41, 5.74) is 3.88. The molecule has 1 atom stereocenters. The summed E-state index contributed by atoms with van der Waals surface area (Å²) >= 11 is 0. The normalized spacial score (nSPS) is 15.7. The lowest BCUT2D eigenvalue weighted by molar-refractivity contribution is 0.0975. The van der Waals surface area contributed by atoms with Crippen LogP contribution in [0, 0.1) is 5.82 Å². The fourth-order valence-corrected chi connectivity index (χ4v) is 3.60. The van der Waals surface area contributed by atoms with Gasteiger partial charge >= 0.3 is 0 Å². The molecule has 0 spiro atoms. The number of carbonyl (C=O) groups excluding carboxylic acids is 1. The molecule has 1 aliphatic heterocycles. The van der Waals surface area contributed by atoms with E-state index in [1.54, 1.807) is 35.6 Å². The number of nitrogens with one attached hydrogen (secondary N) is 1. The van der Waals surface area contributed by atoms with E-state index < -0.39 is 6.17 Å². The van der Waals surface area contributed by atoms with E-state index in [9.17, 15) is 9.18 Å². The number of aromatic nitrogens is 2. The lowest BCUT2D eigenvalue weighted by atomic mass is 10.0. The lowest BCUT2D eigenvalue weighted by Gasteiger charge is -2.38. The Balaban J connectivity index is 1.58. The van der Waals surface area contributed by atoms with Crippen LogP contribution in [0.4, 0.5) is 15.8 Å². The van der Waals surface area contributed by atoms with Gasteiger partial charge in [0, 0.05) is 29.5 Å². The number of anilines is 2. The molecule has 4 aromatic rings. The van der Waals surface area contributed by atoms with Crippen molar-refractivity contribution < 1.29 is 9.18 Å². The van der Waals surface area contributed by atoms with Crippen molar-refractivity contribution in [2.75, 3.05) is 10.2 Å². The number of fused-ring (bicyclic) bond motifs is 1. The average molecular weight is 384 g/mol. The first kappa shape index (κ1) is 17.2. The van der Waals surface area contributed by atoms with Crippen molar-refractivity contribution in [3.8, 4) is 5.69 Å². The zero-order valence-electron chi connectivity index (χ0n) is 15.4. The number of imidazole rings is 1. The minimum atomic E-state index is -0.417. The Kier molecular flexibility index (Phi) is 4.09. The predicted molar refractivity (Wildman–Crippen MR) is 110 cm³/mol. The van der Waals surface area contributed by atoms with Gasteiger partial charge in [-0.05, 0) is 54.1 Å². The molecule has 6 heteroatoms. The molecule has 0 saturated carbocycles. The summed E-state index contributed by atoms with van der Waals surface area (Å²) < 4.78 is 15.4. The van der Waals surface area contributed by atoms with Crippen LogP contribution in [0.15, 0.2) is 91.5 Å². The zero-order chi connectivity index (χ0) is 19.8. The van der Waals surface area contributed by atoms with Gasteiger partial charge in [0.05, 0.1) is 11.9 Å². The smallest absolute Gasteiger partial charge is 0.262 e. The summed E-state index contributed by atoms with van der Waals surface area (Å²) in [5, 5.41) is 3.45. The van der Waals surface area contributed by atoms with Crippen LogP contribution in [-0.4, -0.2) is 15.5 Å². The summed E-state index contributed by atoms with van der Waals surface area (Å²) in [6.45, 7) is 0. The van der Waals surface area contributed by atoms with Crippen molar-refractivity contribution in [3.05, 3.63) is 108 Å². The first-order valence-electron chi connectivity index (χ1n) is 9.24. The van der Waals surface area contributed by atoms with Crippen LogP contribution in [0.25, 0.3) is 5.69 Å². The van der Waals surface area contributed by atoms with Crippen LogP contribution in [0.2, 0.25) is 0 Å². The summed E-state index contributed by atoms with van der Waals surface area (Å²) in [4.78, 5) is 19.1. The Labute approximate surface area is 167 Å². The standard InChI is InChI=1S/C23H17FN4O/c24-17-7-11-19(12-8-17)28-22(26-21-4-2-1-3-20(21)23(28)29)16-5-9-18(10-6-16)27-14-13-25-15-27/h1-15,22,26H/t22-/m0/s1.